The molecule has 0 spiro atoms. The fraction of sp³-hybridized carbons (Fsp3) is 0.214. The summed E-state index contributed by atoms with van der Waals surface area (Å²) in [5, 5.41) is 18.3. The standard InChI is InChI=1S/C28H28N6O3/c1-4-36-24-15-8-7-14-23(24)30-27(35)25-19(3)29-28-31-32-33-34(28)26(25)20-12-9-13-22(16-20)37-17-21-11-6-5-10-18(21)2/h5-16,26H,4,17H2,1-3H3,(H,30,35)(H,29,31,33). The van der Waals surface area contributed by atoms with Crippen LogP contribution in [0.4, 0.5) is 11.6 Å². The quantitative estimate of drug-likeness (QED) is 0.358. The Bertz CT molecular complexity index is 1460. The number of carbonyl (C=O) groups is 1. The summed E-state index contributed by atoms with van der Waals surface area (Å²) < 4.78 is 13.4. The maximum Gasteiger partial charge on any atom is 0.255 e. The van der Waals surface area contributed by atoms with Crippen LogP contribution in [0, 0.1) is 6.92 Å². The van der Waals surface area contributed by atoms with E-state index in [1.165, 1.54) is 5.56 Å². The fourth-order valence-electron chi connectivity index (χ4n) is 4.36. The van der Waals surface area contributed by atoms with Gasteiger partial charge in [-0.2, -0.15) is 4.68 Å². The number of nitrogens with one attached hydrogen (secondary N) is 2. The molecule has 0 aliphatic carbocycles. The Hall–Kier alpha value is -4.66. The molecule has 1 amide bonds. The van der Waals surface area contributed by atoms with Crippen molar-refractivity contribution in [2.75, 3.05) is 17.2 Å². The molecule has 9 heteroatoms. The summed E-state index contributed by atoms with van der Waals surface area (Å²) >= 11 is 0. The molecule has 1 aliphatic heterocycles. The minimum atomic E-state index is -0.562. The second kappa shape index (κ2) is 10.5. The van der Waals surface area contributed by atoms with Crippen molar-refractivity contribution in [3.05, 3.63) is 101 Å². The van der Waals surface area contributed by atoms with Gasteiger partial charge in [0.05, 0.1) is 17.9 Å². The van der Waals surface area contributed by atoms with Crippen LogP contribution in [0.1, 0.15) is 36.6 Å². The lowest BCUT2D eigenvalue weighted by molar-refractivity contribution is -0.113. The average molecular weight is 497 g/mol. The van der Waals surface area contributed by atoms with Crippen molar-refractivity contribution in [3.63, 3.8) is 0 Å². The number of anilines is 2. The van der Waals surface area contributed by atoms with Gasteiger partial charge in [-0.1, -0.05) is 53.6 Å². The van der Waals surface area contributed by atoms with E-state index in [-0.39, 0.29) is 5.91 Å². The molecule has 0 saturated carbocycles. The number of ether oxygens (including phenoxy) is 2. The van der Waals surface area contributed by atoms with Crippen molar-refractivity contribution < 1.29 is 14.3 Å². The van der Waals surface area contributed by atoms with Crippen molar-refractivity contribution in [1.82, 2.24) is 20.2 Å². The van der Waals surface area contributed by atoms with E-state index in [4.69, 9.17) is 9.47 Å². The predicted molar refractivity (Wildman–Crippen MR) is 140 cm³/mol. The molecule has 9 nitrogen and oxygen atoms in total. The SMILES string of the molecule is CCOc1ccccc1NC(=O)C1=C(C)Nc2nnnn2C1c1cccc(OCc2ccccc2C)c1. The van der Waals surface area contributed by atoms with Gasteiger partial charge < -0.3 is 20.1 Å². The maximum atomic E-state index is 13.7. The smallest absolute Gasteiger partial charge is 0.255 e. The Morgan fingerprint density at radius 1 is 1.03 bits per heavy atom. The summed E-state index contributed by atoms with van der Waals surface area (Å²) in [4.78, 5) is 13.7. The molecular weight excluding hydrogens is 468 g/mol. The minimum Gasteiger partial charge on any atom is -0.492 e. The molecular formula is C28H28N6O3. The van der Waals surface area contributed by atoms with Gasteiger partial charge in [-0.05, 0) is 72.2 Å². The highest BCUT2D eigenvalue weighted by molar-refractivity contribution is 6.06. The molecule has 5 rings (SSSR count). The van der Waals surface area contributed by atoms with E-state index in [0.29, 0.717) is 47.6 Å². The number of carbonyl (C=O) groups excluding carboxylic acids is 1. The Morgan fingerprint density at radius 2 is 1.84 bits per heavy atom. The van der Waals surface area contributed by atoms with Gasteiger partial charge in [0.1, 0.15) is 24.1 Å². The van der Waals surface area contributed by atoms with Gasteiger partial charge in [0.15, 0.2) is 0 Å². The van der Waals surface area contributed by atoms with Gasteiger partial charge in [-0.25, -0.2) is 0 Å². The van der Waals surface area contributed by atoms with Crippen molar-refractivity contribution in [3.8, 4) is 11.5 Å². The number of rotatable bonds is 8. The second-order valence-corrected chi connectivity index (χ2v) is 8.68. The number of para-hydroxylation sites is 2. The number of hydrogen-bond acceptors (Lipinski definition) is 7. The van der Waals surface area contributed by atoms with Gasteiger partial charge in [0.2, 0.25) is 5.95 Å². The highest BCUT2D eigenvalue weighted by Crippen LogP contribution is 2.36. The summed E-state index contributed by atoms with van der Waals surface area (Å²) in [5.74, 6) is 1.47. The van der Waals surface area contributed by atoms with E-state index in [0.717, 1.165) is 11.1 Å². The third kappa shape index (κ3) is 5.02. The van der Waals surface area contributed by atoms with Crippen LogP contribution in [0.5, 0.6) is 11.5 Å². The summed E-state index contributed by atoms with van der Waals surface area (Å²) in [7, 11) is 0. The second-order valence-electron chi connectivity index (χ2n) is 8.68. The van der Waals surface area contributed by atoms with E-state index in [9.17, 15) is 4.79 Å². The number of fused-ring (bicyclic) bond motifs is 1. The third-order valence-electron chi connectivity index (χ3n) is 6.22. The van der Waals surface area contributed by atoms with Crippen molar-refractivity contribution in [2.45, 2.75) is 33.4 Å². The van der Waals surface area contributed by atoms with Crippen LogP contribution in [0.3, 0.4) is 0 Å². The molecule has 0 bridgehead atoms. The zero-order valence-electron chi connectivity index (χ0n) is 20.9. The van der Waals surface area contributed by atoms with Crippen LogP contribution in [0.15, 0.2) is 84.1 Å². The number of amides is 1. The van der Waals surface area contributed by atoms with E-state index in [1.54, 1.807) is 4.68 Å². The van der Waals surface area contributed by atoms with E-state index in [2.05, 4.69) is 39.1 Å². The number of allylic oxidation sites excluding steroid dienone is 1. The lowest BCUT2D eigenvalue weighted by Crippen LogP contribution is -2.31. The number of nitrogens with zero attached hydrogens (tertiary/aromatic N) is 4. The molecule has 0 saturated heterocycles. The first-order valence-electron chi connectivity index (χ1n) is 12.1. The zero-order chi connectivity index (χ0) is 25.8. The summed E-state index contributed by atoms with van der Waals surface area (Å²) in [6, 6.07) is 22.6. The topological polar surface area (TPSA) is 103 Å². The Balaban J connectivity index is 1.47. The first kappa shape index (κ1) is 24.1. The van der Waals surface area contributed by atoms with Gasteiger partial charge >= 0.3 is 0 Å². The molecule has 3 aromatic carbocycles. The van der Waals surface area contributed by atoms with Gasteiger partial charge in [0, 0.05) is 5.70 Å². The molecule has 0 radical (unpaired) electrons. The lowest BCUT2D eigenvalue weighted by Gasteiger charge is -2.28. The van der Waals surface area contributed by atoms with E-state index >= 15 is 0 Å². The molecule has 2 N–H and O–H groups in total. The zero-order valence-corrected chi connectivity index (χ0v) is 20.9. The summed E-state index contributed by atoms with van der Waals surface area (Å²) in [5.41, 5.74) is 4.83. The third-order valence-corrected chi connectivity index (χ3v) is 6.22. The normalized spacial score (nSPS) is 14.5. The summed E-state index contributed by atoms with van der Waals surface area (Å²) in [6.07, 6.45) is 0. The molecule has 37 heavy (non-hydrogen) atoms. The highest BCUT2D eigenvalue weighted by Gasteiger charge is 2.34. The van der Waals surface area contributed by atoms with Gasteiger partial charge in [-0.15, -0.1) is 0 Å². The number of aryl methyl sites for hydroxylation is 1. The Morgan fingerprint density at radius 3 is 2.68 bits per heavy atom. The van der Waals surface area contributed by atoms with Crippen molar-refractivity contribution in [1.29, 1.82) is 0 Å². The number of benzene rings is 3. The van der Waals surface area contributed by atoms with Gasteiger partial charge in [-0.3, -0.25) is 4.79 Å². The lowest BCUT2D eigenvalue weighted by atomic mass is 9.94. The molecule has 4 aromatic rings. The van der Waals surface area contributed by atoms with Crippen molar-refractivity contribution >= 4 is 17.5 Å². The Labute approximate surface area is 215 Å². The van der Waals surface area contributed by atoms with Crippen LogP contribution in [-0.4, -0.2) is 32.7 Å². The number of hydrogen-bond donors (Lipinski definition) is 2. The van der Waals surface area contributed by atoms with Crippen LogP contribution >= 0.6 is 0 Å². The molecule has 1 aliphatic rings. The van der Waals surface area contributed by atoms with E-state index in [1.807, 2.05) is 80.6 Å². The largest absolute Gasteiger partial charge is 0.492 e. The molecule has 1 unspecified atom stereocenters. The van der Waals surface area contributed by atoms with E-state index < -0.39 is 6.04 Å². The first-order chi connectivity index (χ1) is 18.0. The molecule has 1 atom stereocenters. The van der Waals surface area contributed by atoms with Crippen LogP contribution in [0.25, 0.3) is 0 Å². The first-order valence-corrected chi connectivity index (χ1v) is 12.1. The Kier molecular flexibility index (Phi) is 6.85. The fourth-order valence-corrected chi connectivity index (χ4v) is 4.36. The monoisotopic (exact) mass is 496 g/mol. The molecule has 0 fully saturated rings. The van der Waals surface area contributed by atoms with Crippen LogP contribution in [-0.2, 0) is 11.4 Å². The number of tetrazole rings is 1. The van der Waals surface area contributed by atoms with Gasteiger partial charge in [0.25, 0.3) is 5.91 Å². The molecule has 2 heterocycles. The van der Waals surface area contributed by atoms with Crippen LogP contribution in [0.2, 0.25) is 0 Å². The van der Waals surface area contributed by atoms with Crippen molar-refractivity contribution in [2.24, 2.45) is 0 Å². The van der Waals surface area contributed by atoms with Crippen LogP contribution < -0.4 is 20.1 Å². The number of aromatic nitrogens is 4. The minimum absolute atomic E-state index is 0.283. The average Bonchev–Trinajstić information content (AvgIpc) is 3.37. The molecule has 188 valence electrons. The predicted octanol–water partition coefficient (Wildman–Crippen LogP) is 4.89. The molecule has 1 aromatic heterocycles. The maximum absolute atomic E-state index is 13.7. The highest BCUT2D eigenvalue weighted by atomic mass is 16.5. The summed E-state index contributed by atoms with van der Waals surface area (Å²) in [6.45, 7) is 6.73.